The van der Waals surface area contributed by atoms with Gasteiger partial charge in [0.15, 0.2) is 11.5 Å². The van der Waals surface area contributed by atoms with Crippen molar-refractivity contribution in [1.82, 2.24) is 10.7 Å². The SMILES string of the molecule is COc1ccc(CCNC(=O)C2=CCC(=O)N(c3ccccc3C)N2)cc1OC. The Bertz CT molecular complexity index is 939. The molecule has 2 N–H and O–H groups in total. The Balaban J connectivity index is 1.60. The fourth-order valence-corrected chi connectivity index (χ4v) is 3.11. The van der Waals surface area contributed by atoms with Gasteiger partial charge in [0.25, 0.3) is 5.91 Å². The number of anilines is 1. The van der Waals surface area contributed by atoms with Crippen LogP contribution in [0.1, 0.15) is 17.5 Å². The van der Waals surface area contributed by atoms with Crippen molar-refractivity contribution in [3.8, 4) is 11.5 Å². The van der Waals surface area contributed by atoms with Gasteiger partial charge in [0.1, 0.15) is 5.70 Å². The number of hydrazine groups is 1. The van der Waals surface area contributed by atoms with Crippen LogP contribution in [0.5, 0.6) is 11.5 Å². The predicted octanol–water partition coefficient (Wildman–Crippen LogP) is 2.50. The highest BCUT2D eigenvalue weighted by atomic mass is 16.5. The standard InChI is InChI=1S/C22H25N3O4/c1-15-6-4-5-7-18(15)25-21(26)11-9-17(24-25)22(27)23-13-12-16-8-10-19(28-2)20(14-16)29-3/h4-10,14,24H,11-13H2,1-3H3,(H,23,27). The Morgan fingerprint density at radius 1 is 1.14 bits per heavy atom. The number of para-hydroxylation sites is 1. The largest absolute Gasteiger partial charge is 0.493 e. The van der Waals surface area contributed by atoms with Gasteiger partial charge in [-0.15, -0.1) is 0 Å². The van der Waals surface area contributed by atoms with Crippen molar-refractivity contribution in [3.05, 3.63) is 65.4 Å². The van der Waals surface area contributed by atoms with Gasteiger partial charge in [0.2, 0.25) is 5.91 Å². The summed E-state index contributed by atoms with van der Waals surface area (Å²) in [6.07, 6.45) is 2.42. The highest BCUT2D eigenvalue weighted by Crippen LogP contribution is 2.27. The molecule has 0 bridgehead atoms. The number of hydrogen-bond donors (Lipinski definition) is 2. The van der Waals surface area contributed by atoms with Gasteiger partial charge in [-0.05, 0) is 48.7 Å². The summed E-state index contributed by atoms with van der Waals surface area (Å²) < 4.78 is 10.5. The number of hydrogen-bond acceptors (Lipinski definition) is 5. The monoisotopic (exact) mass is 395 g/mol. The molecule has 1 heterocycles. The number of nitrogens with zero attached hydrogens (tertiary/aromatic N) is 1. The van der Waals surface area contributed by atoms with E-state index in [1.54, 1.807) is 20.3 Å². The molecule has 0 unspecified atom stereocenters. The van der Waals surface area contributed by atoms with Crippen LogP contribution < -0.4 is 25.2 Å². The Morgan fingerprint density at radius 2 is 1.90 bits per heavy atom. The zero-order chi connectivity index (χ0) is 20.8. The maximum Gasteiger partial charge on any atom is 0.268 e. The molecule has 7 nitrogen and oxygen atoms in total. The number of amides is 2. The smallest absolute Gasteiger partial charge is 0.268 e. The molecule has 7 heteroatoms. The summed E-state index contributed by atoms with van der Waals surface area (Å²) in [7, 11) is 3.18. The molecule has 0 aromatic heterocycles. The summed E-state index contributed by atoms with van der Waals surface area (Å²) in [6, 6.07) is 13.2. The molecule has 2 amide bonds. The minimum absolute atomic E-state index is 0.110. The Kier molecular flexibility index (Phi) is 6.39. The van der Waals surface area contributed by atoms with E-state index >= 15 is 0 Å². The van der Waals surface area contributed by atoms with Crippen LogP contribution in [-0.2, 0) is 16.0 Å². The summed E-state index contributed by atoms with van der Waals surface area (Å²) in [6.45, 7) is 2.37. The number of ether oxygens (including phenoxy) is 2. The lowest BCUT2D eigenvalue weighted by molar-refractivity contribution is -0.120. The van der Waals surface area contributed by atoms with Crippen LogP contribution in [0.3, 0.4) is 0 Å². The second kappa shape index (κ2) is 9.14. The zero-order valence-corrected chi connectivity index (χ0v) is 16.8. The normalized spacial score (nSPS) is 13.4. The van der Waals surface area contributed by atoms with Crippen LogP contribution in [0.15, 0.2) is 54.2 Å². The van der Waals surface area contributed by atoms with Gasteiger partial charge >= 0.3 is 0 Å². The van der Waals surface area contributed by atoms with Crippen molar-refractivity contribution in [1.29, 1.82) is 0 Å². The Morgan fingerprint density at radius 3 is 2.62 bits per heavy atom. The molecule has 0 aliphatic carbocycles. The van der Waals surface area contributed by atoms with E-state index in [-0.39, 0.29) is 18.2 Å². The molecular weight excluding hydrogens is 370 g/mol. The van der Waals surface area contributed by atoms with E-state index in [2.05, 4.69) is 10.7 Å². The molecular formula is C22H25N3O4. The van der Waals surface area contributed by atoms with Crippen LogP contribution in [0.2, 0.25) is 0 Å². The molecule has 2 aromatic rings. The van der Waals surface area contributed by atoms with Gasteiger partial charge in [-0.3, -0.25) is 15.0 Å². The van der Waals surface area contributed by atoms with E-state index in [9.17, 15) is 9.59 Å². The first-order valence-electron chi connectivity index (χ1n) is 9.38. The van der Waals surface area contributed by atoms with Crippen molar-refractivity contribution >= 4 is 17.5 Å². The number of aryl methyl sites for hydroxylation is 1. The van der Waals surface area contributed by atoms with E-state index < -0.39 is 0 Å². The maximum atomic E-state index is 12.6. The third kappa shape index (κ3) is 4.68. The molecule has 29 heavy (non-hydrogen) atoms. The average molecular weight is 395 g/mol. The average Bonchev–Trinajstić information content (AvgIpc) is 2.74. The first-order chi connectivity index (χ1) is 14.0. The topological polar surface area (TPSA) is 79.9 Å². The third-order valence-electron chi connectivity index (χ3n) is 4.71. The van der Waals surface area contributed by atoms with Gasteiger partial charge in [-0.2, -0.15) is 0 Å². The van der Waals surface area contributed by atoms with Crippen LogP contribution in [0, 0.1) is 6.92 Å². The highest BCUT2D eigenvalue weighted by molar-refractivity contribution is 6.01. The van der Waals surface area contributed by atoms with Gasteiger partial charge < -0.3 is 14.8 Å². The zero-order valence-electron chi connectivity index (χ0n) is 16.8. The van der Waals surface area contributed by atoms with Crippen LogP contribution in [0.25, 0.3) is 0 Å². The van der Waals surface area contributed by atoms with E-state index in [1.165, 1.54) is 5.01 Å². The lowest BCUT2D eigenvalue weighted by Crippen LogP contribution is -2.49. The lowest BCUT2D eigenvalue weighted by atomic mass is 10.1. The van der Waals surface area contributed by atoms with Crippen molar-refractivity contribution in [2.75, 3.05) is 25.8 Å². The van der Waals surface area contributed by atoms with E-state index in [0.717, 1.165) is 16.8 Å². The second-order valence-electron chi connectivity index (χ2n) is 6.64. The number of benzene rings is 2. The van der Waals surface area contributed by atoms with Crippen molar-refractivity contribution < 1.29 is 19.1 Å². The number of methoxy groups -OCH3 is 2. The third-order valence-corrected chi connectivity index (χ3v) is 4.71. The summed E-state index contributed by atoms with van der Waals surface area (Å²) in [5, 5.41) is 4.32. The van der Waals surface area contributed by atoms with Gasteiger partial charge in [-0.1, -0.05) is 24.3 Å². The van der Waals surface area contributed by atoms with E-state index in [1.807, 2.05) is 49.4 Å². The van der Waals surface area contributed by atoms with Gasteiger partial charge in [0.05, 0.1) is 19.9 Å². The minimum Gasteiger partial charge on any atom is -0.493 e. The van der Waals surface area contributed by atoms with Crippen molar-refractivity contribution in [2.45, 2.75) is 19.8 Å². The molecule has 3 rings (SSSR count). The van der Waals surface area contributed by atoms with Gasteiger partial charge in [-0.25, -0.2) is 5.01 Å². The van der Waals surface area contributed by atoms with Crippen molar-refractivity contribution in [3.63, 3.8) is 0 Å². The Labute approximate surface area is 170 Å². The summed E-state index contributed by atoms with van der Waals surface area (Å²) >= 11 is 0. The molecule has 0 spiro atoms. The summed E-state index contributed by atoms with van der Waals surface area (Å²) in [5.41, 5.74) is 6.00. The molecule has 0 saturated heterocycles. The maximum absolute atomic E-state index is 12.6. The first kappa shape index (κ1) is 20.3. The molecule has 0 radical (unpaired) electrons. The molecule has 2 aromatic carbocycles. The number of nitrogens with one attached hydrogen (secondary N) is 2. The number of rotatable bonds is 7. The van der Waals surface area contributed by atoms with Crippen LogP contribution in [0.4, 0.5) is 5.69 Å². The fourth-order valence-electron chi connectivity index (χ4n) is 3.11. The number of carbonyl (C=O) groups excluding carboxylic acids is 2. The van der Waals surface area contributed by atoms with Crippen molar-refractivity contribution in [2.24, 2.45) is 0 Å². The fraction of sp³-hybridized carbons (Fsp3) is 0.273. The predicted molar refractivity (Wildman–Crippen MR) is 111 cm³/mol. The molecule has 1 aliphatic rings. The van der Waals surface area contributed by atoms with E-state index in [0.29, 0.717) is 30.2 Å². The first-order valence-corrected chi connectivity index (χ1v) is 9.38. The summed E-state index contributed by atoms with van der Waals surface area (Å²) in [5.74, 6) is 0.955. The summed E-state index contributed by atoms with van der Waals surface area (Å²) in [4.78, 5) is 24.8. The van der Waals surface area contributed by atoms with Crippen LogP contribution in [-0.4, -0.2) is 32.6 Å². The van der Waals surface area contributed by atoms with Gasteiger partial charge in [0, 0.05) is 13.0 Å². The number of carbonyl (C=O) groups is 2. The highest BCUT2D eigenvalue weighted by Gasteiger charge is 2.24. The molecule has 0 atom stereocenters. The molecule has 0 saturated carbocycles. The molecule has 0 fully saturated rings. The second-order valence-corrected chi connectivity index (χ2v) is 6.64. The quantitative estimate of drug-likeness (QED) is 0.753. The lowest BCUT2D eigenvalue weighted by Gasteiger charge is -2.29. The minimum atomic E-state index is -0.253. The van der Waals surface area contributed by atoms with Crippen LogP contribution >= 0.6 is 0 Å². The Hall–Kier alpha value is -3.48. The van der Waals surface area contributed by atoms with E-state index in [4.69, 9.17) is 9.47 Å². The molecule has 1 aliphatic heterocycles. The molecule has 152 valence electrons.